The summed E-state index contributed by atoms with van der Waals surface area (Å²) in [5.74, 6) is 0.722. The average Bonchev–Trinajstić information content (AvgIpc) is 3.20. The predicted octanol–water partition coefficient (Wildman–Crippen LogP) is 4.19. The van der Waals surface area contributed by atoms with Gasteiger partial charge in [0.25, 0.3) is 10.0 Å². The van der Waals surface area contributed by atoms with Gasteiger partial charge >= 0.3 is 0 Å². The fourth-order valence-electron chi connectivity index (χ4n) is 3.30. The number of carbonyl (C=O) groups excluding carboxylic acids is 1. The Labute approximate surface area is 176 Å². The highest BCUT2D eigenvalue weighted by molar-refractivity contribution is 7.92. The largest absolute Gasteiger partial charge is 0.489 e. The highest BCUT2D eigenvalue weighted by Gasteiger charge is 2.22. The zero-order valence-corrected chi connectivity index (χ0v) is 17.1. The molecule has 1 N–H and O–H groups in total. The number of hydrogen-bond acceptors (Lipinski definition) is 4. The molecule has 1 aliphatic rings. The molecular weight excluding hydrogens is 400 g/mol. The third-order valence-electron chi connectivity index (χ3n) is 4.89. The molecule has 0 radical (unpaired) electrons. The van der Waals surface area contributed by atoms with Crippen molar-refractivity contribution in [2.45, 2.75) is 24.3 Å². The molecule has 0 aromatic heterocycles. The third kappa shape index (κ3) is 4.63. The van der Waals surface area contributed by atoms with Crippen LogP contribution < -0.4 is 14.4 Å². The lowest BCUT2D eigenvalue weighted by molar-refractivity contribution is -0.117. The summed E-state index contributed by atoms with van der Waals surface area (Å²) in [6, 6.07) is 22.9. The predicted molar refractivity (Wildman–Crippen MR) is 116 cm³/mol. The van der Waals surface area contributed by atoms with E-state index in [0.29, 0.717) is 31.0 Å². The fraction of sp³-hybridized carbons (Fsp3) is 0.174. The first-order valence-corrected chi connectivity index (χ1v) is 11.2. The molecule has 3 aromatic carbocycles. The van der Waals surface area contributed by atoms with Gasteiger partial charge in [-0.2, -0.15) is 0 Å². The summed E-state index contributed by atoms with van der Waals surface area (Å²) >= 11 is 0. The molecule has 0 atom stereocenters. The second kappa shape index (κ2) is 8.59. The molecule has 4 rings (SSSR count). The minimum absolute atomic E-state index is 0.0679. The first-order chi connectivity index (χ1) is 14.5. The highest BCUT2D eigenvalue weighted by Crippen LogP contribution is 2.25. The highest BCUT2D eigenvalue weighted by atomic mass is 32.2. The topological polar surface area (TPSA) is 75.7 Å². The van der Waals surface area contributed by atoms with Crippen molar-refractivity contribution < 1.29 is 17.9 Å². The maximum atomic E-state index is 12.7. The Morgan fingerprint density at radius 2 is 1.60 bits per heavy atom. The standard InChI is InChI=1S/C23H22N2O4S/c26-23-7-4-16-25(23)20-10-14-22(15-11-20)30(27,28)24-19-8-12-21(13-9-19)29-17-18-5-2-1-3-6-18/h1-3,5-6,8-15,24H,4,7,16-17H2. The van der Waals surface area contributed by atoms with Crippen molar-refractivity contribution in [3.63, 3.8) is 0 Å². The summed E-state index contributed by atoms with van der Waals surface area (Å²) in [6.45, 7) is 1.11. The van der Waals surface area contributed by atoms with Crippen LogP contribution in [-0.2, 0) is 21.4 Å². The minimum atomic E-state index is -3.73. The SMILES string of the molecule is O=C1CCCN1c1ccc(S(=O)(=O)Nc2ccc(OCc3ccccc3)cc2)cc1. The summed E-state index contributed by atoms with van der Waals surface area (Å²) in [5.41, 5.74) is 2.22. The summed E-state index contributed by atoms with van der Waals surface area (Å²) in [7, 11) is -3.73. The molecule has 0 bridgehead atoms. The van der Waals surface area contributed by atoms with Crippen molar-refractivity contribution in [2.24, 2.45) is 0 Å². The number of nitrogens with zero attached hydrogens (tertiary/aromatic N) is 1. The molecule has 0 aliphatic carbocycles. The summed E-state index contributed by atoms with van der Waals surface area (Å²) in [5, 5.41) is 0. The van der Waals surface area contributed by atoms with E-state index in [2.05, 4.69) is 4.72 Å². The van der Waals surface area contributed by atoms with Crippen molar-refractivity contribution in [1.82, 2.24) is 0 Å². The molecule has 0 saturated carbocycles. The van der Waals surface area contributed by atoms with Crippen molar-refractivity contribution in [3.8, 4) is 5.75 Å². The van der Waals surface area contributed by atoms with Crippen LogP contribution in [0.3, 0.4) is 0 Å². The molecule has 0 spiro atoms. The molecule has 1 aliphatic heterocycles. The number of benzene rings is 3. The van der Waals surface area contributed by atoms with Gasteiger partial charge in [-0.3, -0.25) is 9.52 Å². The average molecular weight is 423 g/mol. The van der Waals surface area contributed by atoms with Crippen LogP contribution in [0.1, 0.15) is 18.4 Å². The fourth-order valence-corrected chi connectivity index (χ4v) is 4.36. The van der Waals surface area contributed by atoms with E-state index in [4.69, 9.17) is 4.74 Å². The minimum Gasteiger partial charge on any atom is -0.489 e. The van der Waals surface area contributed by atoms with Crippen LogP contribution in [0.4, 0.5) is 11.4 Å². The maximum absolute atomic E-state index is 12.7. The van der Waals surface area contributed by atoms with E-state index in [9.17, 15) is 13.2 Å². The van der Waals surface area contributed by atoms with Gasteiger partial charge in [0, 0.05) is 24.3 Å². The number of ether oxygens (including phenoxy) is 1. The van der Waals surface area contributed by atoms with Crippen LogP contribution in [-0.4, -0.2) is 20.9 Å². The normalized spacial score (nSPS) is 14.0. The lowest BCUT2D eigenvalue weighted by Crippen LogP contribution is -2.23. The lowest BCUT2D eigenvalue weighted by atomic mass is 10.2. The van der Waals surface area contributed by atoms with E-state index < -0.39 is 10.0 Å². The van der Waals surface area contributed by atoms with Crippen molar-refractivity contribution in [3.05, 3.63) is 84.4 Å². The van der Waals surface area contributed by atoms with E-state index in [-0.39, 0.29) is 10.8 Å². The van der Waals surface area contributed by atoms with Gasteiger partial charge in [-0.1, -0.05) is 30.3 Å². The molecule has 6 nitrogen and oxygen atoms in total. The molecule has 3 aromatic rings. The van der Waals surface area contributed by atoms with Gasteiger partial charge in [0.1, 0.15) is 12.4 Å². The number of carbonyl (C=O) groups is 1. The number of nitrogens with one attached hydrogen (secondary N) is 1. The Balaban J connectivity index is 1.39. The molecule has 1 amide bonds. The molecule has 154 valence electrons. The van der Waals surface area contributed by atoms with Crippen molar-refractivity contribution in [1.29, 1.82) is 0 Å². The second-order valence-corrected chi connectivity index (χ2v) is 8.73. The Kier molecular flexibility index (Phi) is 5.72. The molecule has 7 heteroatoms. The van der Waals surface area contributed by atoms with E-state index in [1.165, 1.54) is 12.1 Å². The summed E-state index contributed by atoms with van der Waals surface area (Å²) in [4.78, 5) is 13.7. The van der Waals surface area contributed by atoms with Gasteiger partial charge in [-0.15, -0.1) is 0 Å². The number of anilines is 2. The number of amides is 1. The van der Waals surface area contributed by atoms with Gasteiger partial charge in [0.05, 0.1) is 4.90 Å². The second-order valence-electron chi connectivity index (χ2n) is 7.05. The van der Waals surface area contributed by atoms with Crippen molar-refractivity contribution in [2.75, 3.05) is 16.2 Å². The lowest BCUT2D eigenvalue weighted by Gasteiger charge is -2.16. The number of rotatable bonds is 7. The monoisotopic (exact) mass is 422 g/mol. The van der Waals surface area contributed by atoms with E-state index in [0.717, 1.165) is 17.7 Å². The quantitative estimate of drug-likeness (QED) is 0.619. The Hall–Kier alpha value is -3.32. The van der Waals surface area contributed by atoms with Gasteiger partial charge in [0.2, 0.25) is 5.91 Å². The third-order valence-corrected chi connectivity index (χ3v) is 6.28. The first kappa shape index (κ1) is 20.0. The van der Waals surface area contributed by atoms with E-state index in [1.807, 2.05) is 30.3 Å². The zero-order valence-electron chi connectivity index (χ0n) is 16.3. The molecular formula is C23H22N2O4S. The van der Waals surface area contributed by atoms with Crippen molar-refractivity contribution >= 4 is 27.3 Å². The van der Waals surface area contributed by atoms with Crippen LogP contribution in [0, 0.1) is 0 Å². The summed E-state index contributed by atoms with van der Waals surface area (Å²) in [6.07, 6.45) is 1.36. The van der Waals surface area contributed by atoms with Crippen LogP contribution in [0.25, 0.3) is 0 Å². The molecule has 1 fully saturated rings. The van der Waals surface area contributed by atoms with Crippen LogP contribution in [0.2, 0.25) is 0 Å². The smallest absolute Gasteiger partial charge is 0.261 e. The molecule has 0 unspecified atom stereocenters. The number of hydrogen-bond donors (Lipinski definition) is 1. The Morgan fingerprint density at radius 3 is 2.23 bits per heavy atom. The van der Waals surface area contributed by atoms with Crippen LogP contribution >= 0.6 is 0 Å². The Bertz CT molecular complexity index is 1110. The summed E-state index contributed by atoms with van der Waals surface area (Å²) < 4.78 is 33.6. The molecule has 1 heterocycles. The van der Waals surface area contributed by atoms with E-state index >= 15 is 0 Å². The van der Waals surface area contributed by atoms with Crippen LogP contribution in [0.15, 0.2) is 83.8 Å². The first-order valence-electron chi connectivity index (χ1n) is 9.71. The van der Waals surface area contributed by atoms with Gasteiger partial charge < -0.3 is 9.64 Å². The zero-order chi connectivity index (χ0) is 21.0. The van der Waals surface area contributed by atoms with E-state index in [1.54, 1.807) is 41.3 Å². The van der Waals surface area contributed by atoms with Crippen LogP contribution in [0.5, 0.6) is 5.75 Å². The van der Waals surface area contributed by atoms with Gasteiger partial charge in [-0.25, -0.2) is 8.42 Å². The van der Waals surface area contributed by atoms with Gasteiger partial charge in [-0.05, 0) is 60.5 Å². The number of sulfonamides is 1. The Morgan fingerprint density at radius 1 is 0.900 bits per heavy atom. The maximum Gasteiger partial charge on any atom is 0.261 e. The van der Waals surface area contributed by atoms with Gasteiger partial charge in [0.15, 0.2) is 0 Å². The molecule has 30 heavy (non-hydrogen) atoms. The molecule has 1 saturated heterocycles.